The summed E-state index contributed by atoms with van der Waals surface area (Å²) in [7, 11) is 0. The van der Waals surface area contributed by atoms with Crippen LogP contribution in [0.3, 0.4) is 0 Å². The summed E-state index contributed by atoms with van der Waals surface area (Å²) in [5, 5.41) is 0. The molecule has 0 amide bonds. The highest BCUT2D eigenvalue weighted by Crippen LogP contribution is 2.32. The van der Waals surface area contributed by atoms with Gasteiger partial charge in [-0.05, 0) is 36.3 Å². The van der Waals surface area contributed by atoms with Gasteiger partial charge in [0.25, 0.3) is 0 Å². The summed E-state index contributed by atoms with van der Waals surface area (Å²) in [5.41, 5.74) is 9.75. The summed E-state index contributed by atoms with van der Waals surface area (Å²) in [6, 6.07) is 8.85. The molecule has 2 heteroatoms. The van der Waals surface area contributed by atoms with Gasteiger partial charge in [0.1, 0.15) is 0 Å². The summed E-state index contributed by atoms with van der Waals surface area (Å²) >= 11 is 0. The van der Waals surface area contributed by atoms with Crippen molar-refractivity contribution in [2.45, 2.75) is 51.1 Å². The molecule has 1 saturated carbocycles. The Morgan fingerprint density at radius 3 is 2.89 bits per heavy atom. The van der Waals surface area contributed by atoms with Gasteiger partial charge in [0.05, 0.1) is 0 Å². The van der Waals surface area contributed by atoms with E-state index in [1.807, 2.05) is 0 Å². The Kier molecular flexibility index (Phi) is 3.64. The third kappa shape index (κ3) is 3.01. The predicted molar refractivity (Wildman–Crippen MR) is 80.0 cm³/mol. The van der Waals surface area contributed by atoms with E-state index >= 15 is 0 Å². The minimum absolute atomic E-state index is 0.0595. The molecule has 104 valence electrons. The maximum Gasteiger partial charge on any atom is 0.0286 e. The number of nitrogens with zero attached hydrogens (tertiary/aromatic N) is 1. The quantitative estimate of drug-likeness (QED) is 0.883. The Hall–Kier alpha value is -0.860. The summed E-state index contributed by atoms with van der Waals surface area (Å²) in [5.74, 6) is 0.802. The molecule has 2 nitrogen and oxygen atoms in total. The van der Waals surface area contributed by atoms with Crippen LogP contribution < -0.4 is 5.73 Å². The lowest BCUT2D eigenvalue weighted by atomic mass is 9.76. The smallest absolute Gasteiger partial charge is 0.0286 e. The molecule has 1 aliphatic carbocycles. The van der Waals surface area contributed by atoms with Gasteiger partial charge in [-0.1, -0.05) is 44.0 Å². The van der Waals surface area contributed by atoms with Gasteiger partial charge in [-0.25, -0.2) is 0 Å². The van der Waals surface area contributed by atoms with E-state index < -0.39 is 0 Å². The Morgan fingerprint density at radius 1 is 1.32 bits per heavy atom. The maximum atomic E-state index is 6.66. The van der Waals surface area contributed by atoms with Crippen molar-refractivity contribution in [1.29, 1.82) is 0 Å². The van der Waals surface area contributed by atoms with Gasteiger partial charge >= 0.3 is 0 Å². The van der Waals surface area contributed by atoms with Crippen LogP contribution >= 0.6 is 0 Å². The van der Waals surface area contributed by atoms with Crippen LogP contribution in [0.15, 0.2) is 24.3 Å². The van der Waals surface area contributed by atoms with Crippen LogP contribution in [0.1, 0.15) is 43.7 Å². The number of hydrogen-bond acceptors (Lipinski definition) is 2. The van der Waals surface area contributed by atoms with Crippen LogP contribution in [0.5, 0.6) is 0 Å². The van der Waals surface area contributed by atoms with E-state index in [4.69, 9.17) is 5.73 Å². The molecule has 2 atom stereocenters. The molecule has 2 N–H and O–H groups in total. The van der Waals surface area contributed by atoms with Gasteiger partial charge in [-0.2, -0.15) is 0 Å². The van der Waals surface area contributed by atoms with Gasteiger partial charge in [0.15, 0.2) is 0 Å². The molecule has 1 aromatic carbocycles. The highest BCUT2D eigenvalue weighted by molar-refractivity contribution is 5.29. The van der Waals surface area contributed by atoms with Crippen molar-refractivity contribution in [1.82, 2.24) is 4.90 Å². The molecule has 19 heavy (non-hydrogen) atoms. The van der Waals surface area contributed by atoms with Gasteiger partial charge in [0.2, 0.25) is 0 Å². The average molecular weight is 258 g/mol. The van der Waals surface area contributed by atoms with Crippen molar-refractivity contribution in [3.8, 4) is 0 Å². The van der Waals surface area contributed by atoms with Crippen molar-refractivity contribution in [2.75, 3.05) is 13.1 Å². The van der Waals surface area contributed by atoms with Crippen LogP contribution in [-0.4, -0.2) is 23.5 Å². The zero-order valence-corrected chi connectivity index (χ0v) is 12.1. The first-order valence-corrected chi connectivity index (χ1v) is 7.73. The number of fused-ring (bicyclic) bond motifs is 1. The number of nitrogens with two attached hydrogens (primary N) is 1. The van der Waals surface area contributed by atoms with E-state index in [1.165, 1.54) is 49.8 Å². The molecule has 3 rings (SSSR count). The van der Waals surface area contributed by atoms with E-state index in [1.54, 1.807) is 0 Å². The van der Waals surface area contributed by atoms with Crippen molar-refractivity contribution >= 4 is 0 Å². The highest BCUT2D eigenvalue weighted by atomic mass is 15.1. The first-order valence-electron chi connectivity index (χ1n) is 7.73. The minimum atomic E-state index is 0.0595. The molecule has 0 spiro atoms. The van der Waals surface area contributed by atoms with E-state index in [-0.39, 0.29) is 5.54 Å². The van der Waals surface area contributed by atoms with E-state index in [0.29, 0.717) is 0 Å². The van der Waals surface area contributed by atoms with E-state index in [0.717, 1.165) is 19.0 Å². The zero-order valence-electron chi connectivity index (χ0n) is 12.1. The second-order valence-corrected chi connectivity index (χ2v) is 6.79. The summed E-state index contributed by atoms with van der Waals surface area (Å²) in [6.45, 7) is 5.69. The fourth-order valence-corrected chi connectivity index (χ4v) is 3.98. The first kappa shape index (κ1) is 13.1. The Labute approximate surface area is 117 Å². The molecule has 0 aromatic heterocycles. The summed E-state index contributed by atoms with van der Waals surface area (Å²) < 4.78 is 0. The van der Waals surface area contributed by atoms with Gasteiger partial charge in [0, 0.05) is 25.2 Å². The largest absolute Gasteiger partial charge is 0.324 e. The number of benzene rings is 1. The molecule has 0 saturated heterocycles. The van der Waals surface area contributed by atoms with Gasteiger partial charge < -0.3 is 5.73 Å². The summed E-state index contributed by atoms with van der Waals surface area (Å²) in [4.78, 5) is 2.57. The van der Waals surface area contributed by atoms with Crippen LogP contribution in [-0.2, 0) is 13.0 Å². The molecule has 0 bridgehead atoms. The van der Waals surface area contributed by atoms with E-state index in [9.17, 15) is 0 Å². The van der Waals surface area contributed by atoms with Crippen molar-refractivity contribution < 1.29 is 0 Å². The van der Waals surface area contributed by atoms with Crippen molar-refractivity contribution in [2.24, 2.45) is 11.7 Å². The Balaban J connectivity index is 1.65. The highest BCUT2D eigenvalue weighted by Gasteiger charge is 2.33. The third-order valence-corrected chi connectivity index (χ3v) is 4.87. The molecule has 2 aliphatic rings. The molecule has 0 radical (unpaired) electrons. The normalized spacial score (nSPS) is 32.0. The number of hydrogen-bond donors (Lipinski definition) is 1. The SMILES string of the molecule is CC1CCCC(N)(CN2CCc3ccccc3C2)C1. The van der Waals surface area contributed by atoms with Crippen LogP contribution in [0.4, 0.5) is 0 Å². The van der Waals surface area contributed by atoms with E-state index in [2.05, 4.69) is 36.1 Å². The summed E-state index contributed by atoms with van der Waals surface area (Å²) in [6.07, 6.45) is 6.26. The molecule has 1 aliphatic heterocycles. The minimum Gasteiger partial charge on any atom is -0.324 e. The first-order chi connectivity index (χ1) is 9.15. The van der Waals surface area contributed by atoms with Gasteiger partial charge in [-0.3, -0.25) is 4.90 Å². The topological polar surface area (TPSA) is 29.3 Å². The fraction of sp³-hybridized carbons (Fsp3) is 0.647. The number of rotatable bonds is 2. The monoisotopic (exact) mass is 258 g/mol. The molecular weight excluding hydrogens is 232 g/mol. The molecule has 2 unspecified atom stereocenters. The fourth-order valence-electron chi connectivity index (χ4n) is 3.98. The van der Waals surface area contributed by atoms with Crippen LogP contribution in [0, 0.1) is 5.92 Å². The lowest BCUT2D eigenvalue weighted by molar-refractivity contribution is 0.141. The third-order valence-electron chi connectivity index (χ3n) is 4.87. The van der Waals surface area contributed by atoms with Crippen LogP contribution in [0.25, 0.3) is 0 Å². The molecule has 1 fully saturated rings. The molecular formula is C17H26N2. The maximum absolute atomic E-state index is 6.66. The van der Waals surface area contributed by atoms with Gasteiger partial charge in [-0.15, -0.1) is 0 Å². The van der Waals surface area contributed by atoms with Crippen molar-refractivity contribution in [3.05, 3.63) is 35.4 Å². The lowest BCUT2D eigenvalue weighted by Crippen LogP contribution is -2.53. The van der Waals surface area contributed by atoms with Crippen LogP contribution in [0.2, 0.25) is 0 Å². The second-order valence-electron chi connectivity index (χ2n) is 6.79. The second kappa shape index (κ2) is 5.26. The Morgan fingerprint density at radius 2 is 2.11 bits per heavy atom. The standard InChI is InChI=1S/C17H26N2/c1-14-5-4-9-17(18,11-14)13-19-10-8-15-6-2-3-7-16(15)12-19/h2-3,6-7,14H,4-5,8-13,18H2,1H3. The lowest BCUT2D eigenvalue weighted by Gasteiger charge is -2.41. The Bertz CT molecular complexity index is 443. The molecule has 1 aromatic rings. The van der Waals surface area contributed by atoms with Crippen molar-refractivity contribution in [3.63, 3.8) is 0 Å². The predicted octanol–water partition coefficient (Wildman–Crippen LogP) is 2.95. The zero-order chi connectivity index (χ0) is 13.3. The average Bonchev–Trinajstić information content (AvgIpc) is 2.38. The molecule has 1 heterocycles.